The molecule has 1 saturated carbocycles. The Balaban J connectivity index is 1.86. The van der Waals surface area contributed by atoms with E-state index in [1.165, 1.54) is 12.8 Å². The highest BCUT2D eigenvalue weighted by molar-refractivity contribution is 7.14. The van der Waals surface area contributed by atoms with Gasteiger partial charge in [-0.1, -0.05) is 12.1 Å². The summed E-state index contributed by atoms with van der Waals surface area (Å²) < 4.78 is 5.64. The highest BCUT2D eigenvalue weighted by Crippen LogP contribution is 2.33. The van der Waals surface area contributed by atoms with Gasteiger partial charge in [0.1, 0.15) is 5.75 Å². The van der Waals surface area contributed by atoms with Crippen molar-refractivity contribution in [3.05, 3.63) is 29.6 Å². The van der Waals surface area contributed by atoms with Crippen LogP contribution in [0.25, 0.3) is 11.3 Å². The standard InChI is InChI=1S/C14H16N2OS/c1-2-17-13-6-4-3-5-11(13)12-9-18-14(16-12)15-10-7-8-10/h3-6,9-10H,2,7-8H2,1H3,(H,15,16). The lowest BCUT2D eigenvalue weighted by Gasteiger charge is -2.07. The van der Waals surface area contributed by atoms with Gasteiger partial charge in [-0.3, -0.25) is 0 Å². The zero-order valence-corrected chi connectivity index (χ0v) is 11.2. The molecule has 0 atom stereocenters. The van der Waals surface area contributed by atoms with Crippen LogP contribution in [0.5, 0.6) is 5.75 Å². The Bertz CT molecular complexity index is 534. The average Bonchev–Trinajstić information content (AvgIpc) is 3.07. The summed E-state index contributed by atoms with van der Waals surface area (Å²) in [5.41, 5.74) is 2.06. The quantitative estimate of drug-likeness (QED) is 0.888. The van der Waals surface area contributed by atoms with E-state index < -0.39 is 0 Å². The SMILES string of the molecule is CCOc1ccccc1-c1csc(NC2CC2)n1. The summed E-state index contributed by atoms with van der Waals surface area (Å²) in [6, 6.07) is 8.70. The fourth-order valence-electron chi connectivity index (χ4n) is 1.83. The molecule has 0 unspecified atom stereocenters. The molecule has 1 fully saturated rings. The van der Waals surface area contributed by atoms with Gasteiger partial charge in [0.25, 0.3) is 0 Å². The average molecular weight is 260 g/mol. The monoisotopic (exact) mass is 260 g/mol. The first-order valence-corrected chi connectivity index (χ1v) is 7.19. The Hall–Kier alpha value is -1.55. The number of ether oxygens (including phenoxy) is 1. The third-order valence-electron chi connectivity index (χ3n) is 2.87. The number of hydrogen-bond donors (Lipinski definition) is 1. The minimum Gasteiger partial charge on any atom is -0.493 e. The summed E-state index contributed by atoms with van der Waals surface area (Å²) >= 11 is 1.66. The predicted molar refractivity (Wildman–Crippen MR) is 75.4 cm³/mol. The van der Waals surface area contributed by atoms with E-state index in [0.717, 1.165) is 22.1 Å². The highest BCUT2D eigenvalue weighted by atomic mass is 32.1. The fraction of sp³-hybridized carbons (Fsp3) is 0.357. The van der Waals surface area contributed by atoms with Gasteiger partial charge in [0.2, 0.25) is 0 Å². The normalized spacial score (nSPS) is 14.5. The maximum atomic E-state index is 5.64. The lowest BCUT2D eigenvalue weighted by molar-refractivity contribution is 0.341. The zero-order valence-electron chi connectivity index (χ0n) is 10.3. The van der Waals surface area contributed by atoms with Crippen molar-refractivity contribution in [1.82, 2.24) is 4.98 Å². The van der Waals surface area contributed by atoms with E-state index in [0.29, 0.717) is 12.6 Å². The predicted octanol–water partition coefficient (Wildman–Crippen LogP) is 3.78. The first-order valence-electron chi connectivity index (χ1n) is 6.31. The van der Waals surface area contributed by atoms with Crippen LogP contribution in [0.4, 0.5) is 5.13 Å². The number of nitrogens with zero attached hydrogens (tertiary/aromatic N) is 1. The van der Waals surface area contributed by atoms with Crippen LogP contribution in [0, 0.1) is 0 Å². The molecule has 2 aromatic rings. The van der Waals surface area contributed by atoms with Gasteiger partial charge >= 0.3 is 0 Å². The third kappa shape index (κ3) is 2.48. The maximum absolute atomic E-state index is 5.64. The maximum Gasteiger partial charge on any atom is 0.183 e. The van der Waals surface area contributed by atoms with Gasteiger partial charge in [-0.25, -0.2) is 4.98 Å². The fourth-order valence-corrected chi connectivity index (χ4v) is 2.61. The van der Waals surface area contributed by atoms with Crippen LogP contribution in [0.1, 0.15) is 19.8 Å². The minimum absolute atomic E-state index is 0.645. The second kappa shape index (κ2) is 4.98. The number of anilines is 1. The number of para-hydroxylation sites is 1. The molecule has 1 aromatic heterocycles. The van der Waals surface area contributed by atoms with Crippen molar-refractivity contribution in [2.24, 2.45) is 0 Å². The van der Waals surface area contributed by atoms with E-state index in [9.17, 15) is 0 Å². The second-order valence-electron chi connectivity index (χ2n) is 4.39. The molecular formula is C14H16N2OS. The summed E-state index contributed by atoms with van der Waals surface area (Å²) in [6.45, 7) is 2.67. The molecule has 1 N–H and O–H groups in total. The van der Waals surface area contributed by atoms with Crippen molar-refractivity contribution < 1.29 is 4.74 Å². The van der Waals surface area contributed by atoms with Crippen molar-refractivity contribution in [2.45, 2.75) is 25.8 Å². The van der Waals surface area contributed by atoms with Crippen LogP contribution in [-0.4, -0.2) is 17.6 Å². The summed E-state index contributed by atoms with van der Waals surface area (Å²) in [7, 11) is 0. The molecule has 0 spiro atoms. The van der Waals surface area contributed by atoms with E-state index >= 15 is 0 Å². The summed E-state index contributed by atoms with van der Waals surface area (Å²) in [6.07, 6.45) is 2.54. The topological polar surface area (TPSA) is 34.1 Å². The van der Waals surface area contributed by atoms with Crippen LogP contribution >= 0.6 is 11.3 Å². The number of benzene rings is 1. The molecule has 0 aliphatic heterocycles. The molecule has 0 bridgehead atoms. The molecule has 0 amide bonds. The van der Waals surface area contributed by atoms with Crippen LogP contribution in [0.3, 0.4) is 0 Å². The zero-order chi connectivity index (χ0) is 12.4. The lowest BCUT2D eigenvalue weighted by atomic mass is 10.1. The van der Waals surface area contributed by atoms with E-state index in [-0.39, 0.29) is 0 Å². The number of rotatable bonds is 5. The molecule has 1 heterocycles. The molecule has 0 saturated heterocycles. The number of aromatic nitrogens is 1. The van der Waals surface area contributed by atoms with Crippen molar-refractivity contribution in [3.63, 3.8) is 0 Å². The van der Waals surface area contributed by atoms with Gasteiger partial charge < -0.3 is 10.1 Å². The van der Waals surface area contributed by atoms with Gasteiger partial charge in [-0.15, -0.1) is 11.3 Å². The van der Waals surface area contributed by atoms with E-state index in [4.69, 9.17) is 4.74 Å². The van der Waals surface area contributed by atoms with Gasteiger partial charge in [-0.2, -0.15) is 0 Å². The first-order chi connectivity index (χ1) is 8.86. The van der Waals surface area contributed by atoms with E-state index in [2.05, 4.69) is 21.7 Å². The Labute approximate surface area is 111 Å². The summed E-state index contributed by atoms with van der Waals surface area (Å²) in [5, 5.41) is 6.52. The van der Waals surface area contributed by atoms with Gasteiger partial charge in [0.15, 0.2) is 5.13 Å². The molecule has 18 heavy (non-hydrogen) atoms. The van der Waals surface area contributed by atoms with Crippen molar-refractivity contribution in [1.29, 1.82) is 0 Å². The van der Waals surface area contributed by atoms with E-state index in [1.54, 1.807) is 11.3 Å². The molecule has 4 heteroatoms. The van der Waals surface area contributed by atoms with Crippen molar-refractivity contribution in [3.8, 4) is 17.0 Å². The number of thiazole rings is 1. The van der Waals surface area contributed by atoms with Crippen molar-refractivity contribution >= 4 is 16.5 Å². The second-order valence-corrected chi connectivity index (χ2v) is 5.24. The van der Waals surface area contributed by atoms with Crippen LogP contribution in [-0.2, 0) is 0 Å². The number of hydrogen-bond acceptors (Lipinski definition) is 4. The Kier molecular flexibility index (Phi) is 3.19. The lowest BCUT2D eigenvalue weighted by Crippen LogP contribution is -1.99. The molecule has 1 aliphatic carbocycles. The van der Waals surface area contributed by atoms with Crippen LogP contribution < -0.4 is 10.1 Å². The Morgan fingerprint density at radius 2 is 2.22 bits per heavy atom. The molecular weight excluding hydrogens is 244 g/mol. The van der Waals surface area contributed by atoms with Gasteiger partial charge in [0, 0.05) is 17.0 Å². The summed E-state index contributed by atoms with van der Waals surface area (Å²) in [5.74, 6) is 0.906. The first kappa shape index (κ1) is 11.5. The largest absolute Gasteiger partial charge is 0.493 e. The minimum atomic E-state index is 0.645. The third-order valence-corrected chi connectivity index (χ3v) is 3.65. The highest BCUT2D eigenvalue weighted by Gasteiger charge is 2.22. The van der Waals surface area contributed by atoms with Crippen molar-refractivity contribution in [2.75, 3.05) is 11.9 Å². The molecule has 3 nitrogen and oxygen atoms in total. The molecule has 3 rings (SSSR count). The Morgan fingerprint density at radius 3 is 3.00 bits per heavy atom. The molecule has 94 valence electrons. The van der Waals surface area contributed by atoms with Gasteiger partial charge in [0.05, 0.1) is 12.3 Å². The van der Waals surface area contributed by atoms with E-state index in [1.807, 2.05) is 25.1 Å². The van der Waals surface area contributed by atoms with Gasteiger partial charge in [-0.05, 0) is 31.9 Å². The smallest absolute Gasteiger partial charge is 0.183 e. The number of nitrogens with one attached hydrogen (secondary N) is 1. The Morgan fingerprint density at radius 1 is 1.39 bits per heavy atom. The molecule has 0 radical (unpaired) electrons. The molecule has 1 aromatic carbocycles. The molecule has 1 aliphatic rings. The van der Waals surface area contributed by atoms with Crippen LogP contribution in [0.2, 0.25) is 0 Å². The van der Waals surface area contributed by atoms with Crippen LogP contribution in [0.15, 0.2) is 29.6 Å². The summed E-state index contributed by atoms with van der Waals surface area (Å²) in [4.78, 5) is 4.63.